The Labute approximate surface area is 176 Å². The van der Waals surface area contributed by atoms with Crippen LogP contribution in [-0.4, -0.2) is 41.5 Å². The molecule has 2 amide bonds. The highest BCUT2D eigenvalue weighted by Gasteiger charge is 2.36. The molecule has 8 nitrogen and oxygen atoms in total. The summed E-state index contributed by atoms with van der Waals surface area (Å²) in [6.45, 7) is 1.29. The maximum Gasteiger partial charge on any atom is 0.231 e. The van der Waals surface area contributed by atoms with Crippen LogP contribution in [0.25, 0.3) is 11.4 Å². The predicted octanol–water partition coefficient (Wildman–Crippen LogP) is 2.97. The number of anilines is 2. The van der Waals surface area contributed by atoms with Gasteiger partial charge in [-0.3, -0.25) is 14.6 Å². The maximum absolute atomic E-state index is 12.7. The van der Waals surface area contributed by atoms with Crippen molar-refractivity contribution < 1.29 is 19.1 Å². The molecule has 0 aliphatic carbocycles. The van der Waals surface area contributed by atoms with E-state index in [4.69, 9.17) is 9.47 Å². The van der Waals surface area contributed by atoms with Crippen molar-refractivity contribution in [3.05, 3.63) is 48.0 Å². The van der Waals surface area contributed by atoms with Crippen LogP contribution < -0.4 is 19.7 Å². The van der Waals surface area contributed by atoms with Gasteiger partial charge in [-0.05, 0) is 24.3 Å². The molecular weight excluding hydrogens is 404 g/mol. The van der Waals surface area contributed by atoms with E-state index in [0.717, 1.165) is 5.69 Å². The number of fused-ring (bicyclic) bond motifs is 1. The molecule has 9 heteroatoms. The smallest absolute Gasteiger partial charge is 0.231 e. The molecule has 4 heterocycles. The van der Waals surface area contributed by atoms with Crippen LogP contribution in [0.3, 0.4) is 0 Å². The number of carbonyl (C=O) groups excluding carboxylic acids is 2. The van der Waals surface area contributed by atoms with Gasteiger partial charge in [0, 0.05) is 36.3 Å². The summed E-state index contributed by atoms with van der Waals surface area (Å²) in [7, 11) is 0. The van der Waals surface area contributed by atoms with Gasteiger partial charge in [0.15, 0.2) is 16.6 Å². The SMILES string of the molecule is O=C(Nc1nc(-c2ccccn2)cs1)[C@@H]1CC(=O)N(c2ccc3c(c2)OCCO3)C1. The molecule has 0 unspecified atom stereocenters. The fourth-order valence-electron chi connectivity index (χ4n) is 3.50. The van der Waals surface area contributed by atoms with Crippen molar-refractivity contribution in [1.82, 2.24) is 9.97 Å². The lowest BCUT2D eigenvalue weighted by molar-refractivity contribution is -0.122. The van der Waals surface area contributed by atoms with Crippen molar-refractivity contribution in [2.24, 2.45) is 5.92 Å². The fraction of sp³-hybridized carbons (Fsp3) is 0.238. The maximum atomic E-state index is 12.7. The highest BCUT2D eigenvalue weighted by Crippen LogP contribution is 2.36. The van der Waals surface area contributed by atoms with E-state index in [-0.39, 0.29) is 18.2 Å². The molecule has 1 atom stereocenters. The molecule has 0 saturated carbocycles. The van der Waals surface area contributed by atoms with Gasteiger partial charge in [0.05, 0.1) is 11.6 Å². The third-order valence-electron chi connectivity index (χ3n) is 4.99. The molecule has 0 bridgehead atoms. The van der Waals surface area contributed by atoms with E-state index < -0.39 is 5.92 Å². The Bertz CT molecular complexity index is 1100. The Hall–Kier alpha value is -3.46. The van der Waals surface area contributed by atoms with Crippen molar-refractivity contribution in [3.63, 3.8) is 0 Å². The van der Waals surface area contributed by atoms with E-state index in [1.54, 1.807) is 23.2 Å². The number of thiazole rings is 1. The number of aromatic nitrogens is 2. The zero-order valence-corrected chi connectivity index (χ0v) is 16.7. The Morgan fingerprint density at radius 1 is 1.13 bits per heavy atom. The third-order valence-corrected chi connectivity index (χ3v) is 5.75. The lowest BCUT2D eigenvalue weighted by Crippen LogP contribution is -2.28. The molecule has 2 aromatic heterocycles. The van der Waals surface area contributed by atoms with Crippen molar-refractivity contribution in [1.29, 1.82) is 0 Å². The molecule has 30 heavy (non-hydrogen) atoms. The summed E-state index contributed by atoms with van der Waals surface area (Å²) in [5.74, 6) is 0.515. The summed E-state index contributed by atoms with van der Waals surface area (Å²) < 4.78 is 11.1. The highest BCUT2D eigenvalue weighted by molar-refractivity contribution is 7.14. The average Bonchev–Trinajstić information content (AvgIpc) is 3.41. The van der Waals surface area contributed by atoms with E-state index in [1.807, 2.05) is 29.6 Å². The molecule has 1 aromatic carbocycles. The number of amides is 2. The normalized spacial score (nSPS) is 17.8. The third kappa shape index (κ3) is 3.59. The second-order valence-electron chi connectivity index (χ2n) is 6.98. The molecule has 1 saturated heterocycles. The number of hydrogen-bond acceptors (Lipinski definition) is 7. The van der Waals surface area contributed by atoms with Crippen LogP contribution in [-0.2, 0) is 9.59 Å². The molecule has 2 aliphatic rings. The van der Waals surface area contributed by atoms with Crippen LogP contribution in [0.1, 0.15) is 6.42 Å². The van der Waals surface area contributed by atoms with Gasteiger partial charge < -0.3 is 19.7 Å². The molecule has 1 fully saturated rings. The Balaban J connectivity index is 1.26. The average molecular weight is 422 g/mol. The van der Waals surface area contributed by atoms with Crippen molar-refractivity contribution >= 4 is 34.0 Å². The predicted molar refractivity (Wildman–Crippen MR) is 112 cm³/mol. The summed E-state index contributed by atoms with van der Waals surface area (Å²) in [5.41, 5.74) is 2.15. The second kappa shape index (κ2) is 7.75. The number of carbonyl (C=O) groups is 2. The van der Waals surface area contributed by atoms with Gasteiger partial charge in [0.1, 0.15) is 18.9 Å². The van der Waals surface area contributed by atoms with Crippen molar-refractivity contribution in [3.8, 4) is 22.9 Å². The molecule has 1 N–H and O–H groups in total. The van der Waals surface area contributed by atoms with E-state index >= 15 is 0 Å². The van der Waals surface area contributed by atoms with Gasteiger partial charge in [-0.25, -0.2) is 4.98 Å². The summed E-state index contributed by atoms with van der Waals surface area (Å²) >= 11 is 1.33. The first-order valence-corrected chi connectivity index (χ1v) is 10.4. The van der Waals surface area contributed by atoms with Crippen LogP contribution in [0.15, 0.2) is 48.0 Å². The summed E-state index contributed by atoms with van der Waals surface area (Å²) in [4.78, 5) is 35.6. The summed E-state index contributed by atoms with van der Waals surface area (Å²) in [6.07, 6.45) is 1.85. The lowest BCUT2D eigenvalue weighted by atomic mass is 10.1. The first-order valence-electron chi connectivity index (χ1n) is 9.55. The summed E-state index contributed by atoms with van der Waals surface area (Å²) in [6, 6.07) is 11.0. The van der Waals surface area contributed by atoms with Crippen molar-refractivity contribution in [2.45, 2.75) is 6.42 Å². The molecule has 2 aliphatic heterocycles. The minimum Gasteiger partial charge on any atom is -0.486 e. The number of pyridine rings is 1. The fourth-order valence-corrected chi connectivity index (χ4v) is 4.21. The van der Waals surface area contributed by atoms with Gasteiger partial charge in [-0.2, -0.15) is 0 Å². The first-order chi connectivity index (χ1) is 14.7. The van der Waals surface area contributed by atoms with E-state index in [2.05, 4.69) is 15.3 Å². The Kier molecular flexibility index (Phi) is 4.80. The minimum absolute atomic E-state index is 0.0971. The Morgan fingerprint density at radius 3 is 2.83 bits per heavy atom. The minimum atomic E-state index is -0.451. The summed E-state index contributed by atoms with van der Waals surface area (Å²) in [5, 5.41) is 5.17. The van der Waals surface area contributed by atoms with Crippen LogP contribution >= 0.6 is 11.3 Å². The quantitative estimate of drug-likeness (QED) is 0.695. The van der Waals surface area contributed by atoms with Gasteiger partial charge >= 0.3 is 0 Å². The Morgan fingerprint density at radius 2 is 2.00 bits per heavy atom. The zero-order valence-electron chi connectivity index (χ0n) is 15.9. The van der Waals surface area contributed by atoms with Crippen LogP contribution in [0, 0.1) is 5.92 Å². The van der Waals surface area contributed by atoms with Crippen LogP contribution in [0.2, 0.25) is 0 Å². The van der Waals surface area contributed by atoms with Crippen LogP contribution in [0.4, 0.5) is 10.8 Å². The number of benzene rings is 1. The van der Waals surface area contributed by atoms with Crippen LogP contribution in [0.5, 0.6) is 11.5 Å². The van der Waals surface area contributed by atoms with Gasteiger partial charge in [-0.1, -0.05) is 6.07 Å². The number of ether oxygens (including phenoxy) is 2. The molecule has 3 aromatic rings. The van der Waals surface area contributed by atoms with E-state index in [0.29, 0.717) is 47.8 Å². The largest absolute Gasteiger partial charge is 0.486 e. The van der Waals surface area contributed by atoms with Gasteiger partial charge in [0.2, 0.25) is 11.8 Å². The lowest BCUT2D eigenvalue weighted by Gasteiger charge is -2.22. The van der Waals surface area contributed by atoms with E-state index in [9.17, 15) is 9.59 Å². The highest BCUT2D eigenvalue weighted by atomic mass is 32.1. The number of nitrogens with zero attached hydrogens (tertiary/aromatic N) is 3. The monoisotopic (exact) mass is 422 g/mol. The molecule has 5 rings (SSSR count). The number of rotatable bonds is 4. The molecule has 152 valence electrons. The van der Waals surface area contributed by atoms with E-state index in [1.165, 1.54) is 11.3 Å². The molecule has 0 radical (unpaired) electrons. The topological polar surface area (TPSA) is 93.7 Å². The van der Waals surface area contributed by atoms with Gasteiger partial charge in [-0.15, -0.1) is 11.3 Å². The molecular formula is C21H18N4O4S. The zero-order chi connectivity index (χ0) is 20.5. The molecule has 0 spiro atoms. The number of hydrogen-bond donors (Lipinski definition) is 1. The van der Waals surface area contributed by atoms with Gasteiger partial charge in [0.25, 0.3) is 0 Å². The van der Waals surface area contributed by atoms with Crippen molar-refractivity contribution in [2.75, 3.05) is 30.0 Å². The number of nitrogens with one attached hydrogen (secondary N) is 1. The second-order valence-corrected chi connectivity index (χ2v) is 7.83. The standard InChI is InChI=1S/C21H18N4O4S/c26-19-9-13(11-25(19)14-4-5-17-18(10-14)29-8-7-28-17)20(27)24-21-23-16(12-30-21)15-3-1-2-6-22-15/h1-6,10,12-13H,7-9,11H2,(H,23,24,27)/t13-/m1/s1. The first kappa shape index (κ1) is 18.6.